The summed E-state index contributed by atoms with van der Waals surface area (Å²) in [6, 6.07) is 0.284. The number of carbonyl (C=O) groups is 2. The van der Waals surface area contributed by atoms with Gasteiger partial charge in [0.1, 0.15) is 0 Å². The molecule has 4 heteroatoms. The molecule has 0 aromatic rings. The minimum Gasteiger partial charge on any atom is -0.355 e. The second-order valence-electron chi connectivity index (χ2n) is 6.65. The average Bonchev–Trinajstić information content (AvgIpc) is 2.75. The van der Waals surface area contributed by atoms with Gasteiger partial charge in [-0.1, -0.05) is 27.2 Å². The lowest BCUT2D eigenvalue weighted by Crippen LogP contribution is -2.47. The maximum atomic E-state index is 12.2. The molecule has 4 nitrogen and oxygen atoms in total. The first kappa shape index (κ1) is 14.4. The molecule has 0 radical (unpaired) electrons. The molecular formula is C15H26N2O2. The van der Waals surface area contributed by atoms with Crippen LogP contribution in [0.15, 0.2) is 0 Å². The van der Waals surface area contributed by atoms with Gasteiger partial charge in [-0.2, -0.15) is 0 Å². The molecule has 1 heterocycles. The maximum absolute atomic E-state index is 12.2. The predicted molar refractivity (Wildman–Crippen MR) is 74.4 cm³/mol. The van der Waals surface area contributed by atoms with Gasteiger partial charge in [0.05, 0.1) is 5.92 Å². The third-order valence-corrected chi connectivity index (χ3v) is 4.70. The summed E-state index contributed by atoms with van der Waals surface area (Å²) in [6.45, 7) is 7.23. The normalized spacial score (nSPS) is 35.3. The van der Waals surface area contributed by atoms with Crippen molar-refractivity contribution >= 4 is 11.8 Å². The first-order valence-corrected chi connectivity index (χ1v) is 7.54. The predicted octanol–water partition coefficient (Wildman–Crippen LogP) is 1.70. The molecule has 1 aliphatic heterocycles. The number of amides is 2. The van der Waals surface area contributed by atoms with Crippen molar-refractivity contribution in [2.24, 2.45) is 23.7 Å². The largest absolute Gasteiger partial charge is 0.355 e. The summed E-state index contributed by atoms with van der Waals surface area (Å²) in [6.07, 6.45) is 3.88. The van der Waals surface area contributed by atoms with Gasteiger partial charge in [0.25, 0.3) is 0 Å². The molecule has 2 amide bonds. The van der Waals surface area contributed by atoms with Crippen molar-refractivity contribution in [1.82, 2.24) is 10.6 Å². The molecule has 1 saturated heterocycles. The third-order valence-electron chi connectivity index (χ3n) is 4.70. The first-order chi connectivity index (χ1) is 8.97. The third kappa shape index (κ3) is 3.48. The van der Waals surface area contributed by atoms with E-state index in [-0.39, 0.29) is 23.8 Å². The van der Waals surface area contributed by atoms with Gasteiger partial charge < -0.3 is 10.6 Å². The average molecular weight is 266 g/mol. The van der Waals surface area contributed by atoms with E-state index in [9.17, 15) is 9.59 Å². The Bertz CT molecular complexity index is 354. The molecule has 2 rings (SSSR count). The van der Waals surface area contributed by atoms with E-state index in [0.717, 1.165) is 6.42 Å². The van der Waals surface area contributed by atoms with Crippen LogP contribution < -0.4 is 10.6 Å². The van der Waals surface area contributed by atoms with Gasteiger partial charge in [-0.25, -0.2) is 0 Å². The van der Waals surface area contributed by atoms with E-state index in [4.69, 9.17) is 0 Å². The Labute approximate surface area is 115 Å². The van der Waals surface area contributed by atoms with Crippen LogP contribution in [0.2, 0.25) is 0 Å². The van der Waals surface area contributed by atoms with Gasteiger partial charge in [-0.05, 0) is 30.6 Å². The van der Waals surface area contributed by atoms with Crippen molar-refractivity contribution in [3.05, 3.63) is 0 Å². The highest BCUT2D eigenvalue weighted by atomic mass is 16.2. The van der Waals surface area contributed by atoms with Gasteiger partial charge >= 0.3 is 0 Å². The molecule has 0 aromatic carbocycles. The van der Waals surface area contributed by atoms with E-state index < -0.39 is 0 Å². The number of nitrogens with one attached hydrogen (secondary N) is 2. The quantitative estimate of drug-likeness (QED) is 0.817. The zero-order valence-electron chi connectivity index (χ0n) is 12.2. The second kappa shape index (κ2) is 5.93. The SMILES string of the molecule is CC1CCC(C(C)C)C(NC(=O)C2CNC(=O)C2)C1. The number of hydrogen-bond donors (Lipinski definition) is 2. The van der Waals surface area contributed by atoms with Crippen LogP contribution in [-0.2, 0) is 9.59 Å². The highest BCUT2D eigenvalue weighted by molar-refractivity contribution is 5.89. The second-order valence-corrected chi connectivity index (χ2v) is 6.65. The topological polar surface area (TPSA) is 58.2 Å². The Morgan fingerprint density at radius 1 is 1.37 bits per heavy atom. The van der Waals surface area contributed by atoms with Crippen LogP contribution in [-0.4, -0.2) is 24.4 Å². The van der Waals surface area contributed by atoms with Gasteiger partial charge in [-0.3, -0.25) is 9.59 Å². The Kier molecular flexibility index (Phi) is 4.48. The van der Waals surface area contributed by atoms with Crippen molar-refractivity contribution in [2.45, 2.75) is 52.5 Å². The highest BCUT2D eigenvalue weighted by Crippen LogP contribution is 2.33. The summed E-state index contributed by atoms with van der Waals surface area (Å²) < 4.78 is 0. The molecule has 2 aliphatic rings. The van der Waals surface area contributed by atoms with Gasteiger partial charge in [-0.15, -0.1) is 0 Å². The maximum Gasteiger partial charge on any atom is 0.225 e. The van der Waals surface area contributed by atoms with Crippen LogP contribution >= 0.6 is 0 Å². The van der Waals surface area contributed by atoms with E-state index in [1.54, 1.807) is 0 Å². The fourth-order valence-corrected chi connectivity index (χ4v) is 3.46. The molecule has 4 unspecified atom stereocenters. The van der Waals surface area contributed by atoms with E-state index in [1.165, 1.54) is 12.8 Å². The standard InChI is InChI=1S/C15H26N2O2/c1-9(2)12-5-4-10(3)6-13(12)17-15(19)11-7-14(18)16-8-11/h9-13H,4-8H2,1-3H3,(H,16,18)(H,17,19). The molecular weight excluding hydrogens is 240 g/mol. The Balaban J connectivity index is 1.94. The summed E-state index contributed by atoms with van der Waals surface area (Å²) in [4.78, 5) is 23.4. The minimum atomic E-state index is -0.169. The van der Waals surface area contributed by atoms with Crippen LogP contribution in [0.3, 0.4) is 0 Å². The molecule has 1 saturated carbocycles. The van der Waals surface area contributed by atoms with Crippen molar-refractivity contribution in [1.29, 1.82) is 0 Å². The molecule has 2 N–H and O–H groups in total. The monoisotopic (exact) mass is 266 g/mol. The zero-order valence-corrected chi connectivity index (χ0v) is 12.2. The molecule has 4 atom stereocenters. The Hall–Kier alpha value is -1.06. The number of rotatable bonds is 3. The molecule has 1 aliphatic carbocycles. The zero-order chi connectivity index (χ0) is 14.0. The molecule has 0 aromatic heterocycles. The van der Waals surface area contributed by atoms with Crippen molar-refractivity contribution in [3.8, 4) is 0 Å². The summed E-state index contributed by atoms with van der Waals surface area (Å²) in [5.41, 5.74) is 0. The fourth-order valence-electron chi connectivity index (χ4n) is 3.46. The lowest BCUT2D eigenvalue weighted by atomic mass is 9.74. The van der Waals surface area contributed by atoms with Crippen LogP contribution in [0.25, 0.3) is 0 Å². The summed E-state index contributed by atoms with van der Waals surface area (Å²) in [7, 11) is 0. The van der Waals surface area contributed by atoms with E-state index >= 15 is 0 Å². The van der Waals surface area contributed by atoms with Gasteiger partial charge in [0, 0.05) is 19.0 Å². The van der Waals surface area contributed by atoms with Crippen LogP contribution in [0.4, 0.5) is 0 Å². The number of carbonyl (C=O) groups excluding carboxylic acids is 2. The van der Waals surface area contributed by atoms with Crippen molar-refractivity contribution < 1.29 is 9.59 Å². The van der Waals surface area contributed by atoms with Crippen LogP contribution in [0, 0.1) is 23.7 Å². The molecule has 0 spiro atoms. The summed E-state index contributed by atoms with van der Waals surface area (Å²) >= 11 is 0. The summed E-state index contributed by atoms with van der Waals surface area (Å²) in [5, 5.41) is 5.94. The minimum absolute atomic E-state index is 0.00225. The van der Waals surface area contributed by atoms with E-state index in [1.807, 2.05) is 0 Å². The van der Waals surface area contributed by atoms with E-state index in [0.29, 0.717) is 30.7 Å². The fraction of sp³-hybridized carbons (Fsp3) is 0.867. The summed E-state index contributed by atoms with van der Waals surface area (Å²) in [5.74, 6) is 1.74. The van der Waals surface area contributed by atoms with Crippen LogP contribution in [0.5, 0.6) is 0 Å². The number of hydrogen-bond acceptors (Lipinski definition) is 2. The van der Waals surface area contributed by atoms with Crippen molar-refractivity contribution in [3.63, 3.8) is 0 Å². The van der Waals surface area contributed by atoms with Gasteiger partial charge in [0.15, 0.2) is 0 Å². The lowest BCUT2D eigenvalue weighted by molar-refractivity contribution is -0.127. The Morgan fingerprint density at radius 3 is 2.68 bits per heavy atom. The Morgan fingerprint density at radius 2 is 2.11 bits per heavy atom. The molecule has 19 heavy (non-hydrogen) atoms. The van der Waals surface area contributed by atoms with Gasteiger partial charge in [0.2, 0.25) is 11.8 Å². The molecule has 2 fully saturated rings. The smallest absolute Gasteiger partial charge is 0.225 e. The highest BCUT2D eigenvalue weighted by Gasteiger charge is 2.34. The lowest BCUT2D eigenvalue weighted by Gasteiger charge is -2.38. The van der Waals surface area contributed by atoms with Crippen molar-refractivity contribution in [2.75, 3.05) is 6.54 Å². The molecule has 0 bridgehead atoms. The van der Waals surface area contributed by atoms with E-state index in [2.05, 4.69) is 31.4 Å². The molecule has 108 valence electrons. The van der Waals surface area contributed by atoms with Crippen LogP contribution in [0.1, 0.15) is 46.5 Å². The first-order valence-electron chi connectivity index (χ1n) is 7.54.